The summed E-state index contributed by atoms with van der Waals surface area (Å²) in [7, 11) is 0. The minimum atomic E-state index is 0. The number of carbonyl (C=O) groups is 1. The minimum Gasteiger partial charge on any atom is -0.326 e. The molecule has 4 nitrogen and oxygen atoms in total. The molecule has 1 amide bonds. The Balaban J connectivity index is 0.00000121. The Labute approximate surface area is 169 Å². The molecular weight excluding hydrogens is 369 g/mol. The quantitative estimate of drug-likeness (QED) is 0.807. The van der Waals surface area contributed by atoms with E-state index in [1.54, 1.807) is 0 Å². The summed E-state index contributed by atoms with van der Waals surface area (Å²) in [5, 5.41) is 6.57. The summed E-state index contributed by atoms with van der Waals surface area (Å²) in [4.78, 5) is 15.1. The lowest BCUT2D eigenvalue weighted by Gasteiger charge is -2.26. The number of anilines is 1. The second-order valence-corrected chi connectivity index (χ2v) is 7.90. The number of benzene rings is 1. The van der Waals surface area contributed by atoms with E-state index in [9.17, 15) is 4.79 Å². The highest BCUT2D eigenvalue weighted by Crippen LogP contribution is 2.58. The van der Waals surface area contributed by atoms with Crippen LogP contribution >= 0.6 is 24.8 Å². The molecule has 2 N–H and O–H groups in total. The first-order valence-electron chi connectivity index (χ1n) is 9.58. The van der Waals surface area contributed by atoms with Gasteiger partial charge in [-0.3, -0.25) is 9.69 Å². The van der Waals surface area contributed by atoms with E-state index in [1.807, 2.05) is 6.07 Å². The zero-order chi connectivity index (χ0) is 16.4. The third-order valence-electron chi connectivity index (χ3n) is 6.15. The van der Waals surface area contributed by atoms with Crippen LogP contribution in [0.15, 0.2) is 24.3 Å². The maximum Gasteiger partial charge on any atom is 0.228 e. The van der Waals surface area contributed by atoms with Crippen LogP contribution in [0.3, 0.4) is 0 Å². The predicted octanol–water partition coefficient (Wildman–Crippen LogP) is 3.84. The van der Waals surface area contributed by atoms with E-state index < -0.39 is 0 Å². The fraction of sp³-hybridized carbons (Fsp3) is 0.650. The van der Waals surface area contributed by atoms with Crippen molar-refractivity contribution in [2.24, 2.45) is 11.3 Å². The number of carbonyl (C=O) groups excluding carboxylic acids is 1. The maximum atomic E-state index is 12.6. The molecule has 1 aliphatic carbocycles. The molecule has 2 heterocycles. The van der Waals surface area contributed by atoms with Gasteiger partial charge in [0.15, 0.2) is 0 Å². The third kappa shape index (κ3) is 4.92. The largest absolute Gasteiger partial charge is 0.326 e. The Bertz CT molecular complexity index is 598. The van der Waals surface area contributed by atoms with Gasteiger partial charge in [0, 0.05) is 18.2 Å². The minimum absolute atomic E-state index is 0. The topological polar surface area (TPSA) is 44.4 Å². The zero-order valence-electron chi connectivity index (χ0n) is 15.3. The summed E-state index contributed by atoms with van der Waals surface area (Å²) in [6.45, 7) is 5.54. The summed E-state index contributed by atoms with van der Waals surface area (Å²) < 4.78 is 0. The van der Waals surface area contributed by atoms with Crippen LogP contribution in [0.1, 0.15) is 44.1 Å². The summed E-state index contributed by atoms with van der Waals surface area (Å²) >= 11 is 0. The number of amides is 1. The number of piperidine rings is 2. The van der Waals surface area contributed by atoms with Gasteiger partial charge in [0.2, 0.25) is 5.91 Å². The van der Waals surface area contributed by atoms with Gasteiger partial charge in [-0.2, -0.15) is 0 Å². The van der Waals surface area contributed by atoms with Crippen LogP contribution in [0.5, 0.6) is 0 Å². The molecule has 2 aliphatic heterocycles. The Morgan fingerprint density at radius 3 is 2.62 bits per heavy atom. The number of likely N-dealkylation sites (tertiary alicyclic amines) is 1. The maximum absolute atomic E-state index is 12.6. The van der Waals surface area contributed by atoms with Crippen LogP contribution in [-0.2, 0) is 11.3 Å². The van der Waals surface area contributed by atoms with Gasteiger partial charge in [0.25, 0.3) is 0 Å². The lowest BCUT2D eigenvalue weighted by molar-refractivity contribution is -0.118. The molecule has 4 rings (SSSR count). The van der Waals surface area contributed by atoms with Gasteiger partial charge < -0.3 is 10.6 Å². The molecule has 1 unspecified atom stereocenters. The van der Waals surface area contributed by atoms with E-state index in [1.165, 1.54) is 37.9 Å². The lowest BCUT2D eigenvalue weighted by Crippen LogP contribution is -2.31. The van der Waals surface area contributed by atoms with Gasteiger partial charge in [-0.05, 0) is 81.4 Å². The molecule has 1 aromatic carbocycles. The van der Waals surface area contributed by atoms with Crippen molar-refractivity contribution in [2.75, 3.05) is 31.5 Å². The summed E-state index contributed by atoms with van der Waals surface area (Å²) in [5.74, 6) is 0.456. The monoisotopic (exact) mass is 399 g/mol. The van der Waals surface area contributed by atoms with Crippen molar-refractivity contribution in [2.45, 2.75) is 45.1 Å². The Morgan fingerprint density at radius 1 is 1.15 bits per heavy atom. The Kier molecular flexibility index (Phi) is 7.77. The van der Waals surface area contributed by atoms with Crippen LogP contribution in [-0.4, -0.2) is 37.0 Å². The highest BCUT2D eigenvalue weighted by atomic mass is 35.5. The molecule has 2 saturated heterocycles. The standard InChI is InChI=1S/C20H29N3O.2ClH/c24-19(18-14-20(18)7-9-21-10-8-20)22-17-6-4-5-16(13-17)15-23-11-2-1-3-12-23;;/h4-6,13,18,21H,1-3,7-12,14-15H2,(H,22,24);2*1H. The fourth-order valence-corrected chi connectivity index (χ4v) is 4.55. The number of nitrogens with one attached hydrogen (secondary N) is 2. The lowest BCUT2D eigenvalue weighted by atomic mass is 9.92. The van der Waals surface area contributed by atoms with Crippen molar-refractivity contribution >= 4 is 36.4 Å². The van der Waals surface area contributed by atoms with Gasteiger partial charge in [-0.15, -0.1) is 24.8 Å². The summed E-state index contributed by atoms with van der Waals surface area (Å²) in [5.41, 5.74) is 2.58. The van der Waals surface area contributed by atoms with Gasteiger partial charge in [-0.25, -0.2) is 0 Å². The van der Waals surface area contributed by atoms with Crippen LogP contribution in [0, 0.1) is 11.3 Å². The summed E-state index contributed by atoms with van der Waals surface area (Å²) in [6, 6.07) is 8.43. The van der Waals surface area contributed by atoms with Gasteiger partial charge in [-0.1, -0.05) is 18.6 Å². The first-order chi connectivity index (χ1) is 11.8. The van der Waals surface area contributed by atoms with E-state index in [4.69, 9.17) is 0 Å². The van der Waals surface area contributed by atoms with E-state index in [0.717, 1.165) is 44.6 Å². The first-order valence-corrected chi connectivity index (χ1v) is 9.58. The average molecular weight is 400 g/mol. The molecule has 1 spiro atoms. The van der Waals surface area contributed by atoms with Gasteiger partial charge in [0.1, 0.15) is 0 Å². The van der Waals surface area contributed by atoms with E-state index in [-0.39, 0.29) is 36.6 Å². The predicted molar refractivity (Wildman–Crippen MR) is 111 cm³/mol. The van der Waals surface area contributed by atoms with Gasteiger partial charge >= 0.3 is 0 Å². The number of halogens is 2. The van der Waals surface area contributed by atoms with Crippen molar-refractivity contribution in [3.63, 3.8) is 0 Å². The van der Waals surface area contributed by atoms with Crippen molar-refractivity contribution in [3.05, 3.63) is 29.8 Å². The molecule has 1 atom stereocenters. The molecule has 3 aliphatic rings. The number of nitrogens with zero attached hydrogens (tertiary/aromatic N) is 1. The van der Waals surface area contributed by atoms with Crippen LogP contribution in [0.2, 0.25) is 0 Å². The Morgan fingerprint density at radius 2 is 1.88 bits per heavy atom. The Hall–Kier alpha value is -0.810. The highest BCUT2D eigenvalue weighted by molar-refractivity contribution is 5.95. The molecule has 1 aromatic rings. The van der Waals surface area contributed by atoms with Crippen LogP contribution < -0.4 is 10.6 Å². The second kappa shape index (κ2) is 9.41. The summed E-state index contributed by atoms with van der Waals surface area (Å²) in [6.07, 6.45) is 7.38. The van der Waals surface area contributed by atoms with Crippen molar-refractivity contribution in [3.8, 4) is 0 Å². The number of hydrogen-bond acceptors (Lipinski definition) is 3. The fourth-order valence-electron chi connectivity index (χ4n) is 4.55. The first kappa shape index (κ1) is 21.5. The van der Waals surface area contributed by atoms with Crippen LogP contribution in [0.25, 0.3) is 0 Å². The van der Waals surface area contributed by atoms with Crippen LogP contribution in [0.4, 0.5) is 5.69 Å². The van der Waals surface area contributed by atoms with Gasteiger partial charge in [0.05, 0.1) is 0 Å². The average Bonchev–Trinajstić information content (AvgIpc) is 3.30. The number of rotatable bonds is 4. The molecule has 0 radical (unpaired) electrons. The third-order valence-corrected chi connectivity index (χ3v) is 6.15. The molecule has 0 bridgehead atoms. The molecule has 0 aromatic heterocycles. The number of hydrogen-bond donors (Lipinski definition) is 2. The SMILES string of the molecule is Cl.Cl.O=C(Nc1cccc(CN2CCCCC2)c1)C1CC12CCNCC2. The molecule has 1 saturated carbocycles. The van der Waals surface area contributed by atoms with Crippen molar-refractivity contribution in [1.29, 1.82) is 0 Å². The van der Waals surface area contributed by atoms with E-state index in [0.29, 0.717) is 5.41 Å². The molecule has 146 valence electrons. The molecule has 3 fully saturated rings. The molecule has 26 heavy (non-hydrogen) atoms. The molecule has 6 heteroatoms. The zero-order valence-corrected chi connectivity index (χ0v) is 17.0. The van der Waals surface area contributed by atoms with E-state index in [2.05, 4.69) is 33.7 Å². The smallest absolute Gasteiger partial charge is 0.228 e. The normalized spacial score (nSPS) is 24.2. The highest BCUT2D eigenvalue weighted by Gasteiger charge is 2.57. The van der Waals surface area contributed by atoms with E-state index >= 15 is 0 Å². The van der Waals surface area contributed by atoms with Crippen molar-refractivity contribution in [1.82, 2.24) is 10.2 Å². The second-order valence-electron chi connectivity index (χ2n) is 7.90. The van der Waals surface area contributed by atoms with Crippen molar-refractivity contribution < 1.29 is 4.79 Å². The molecular formula is C20H31Cl2N3O.